The van der Waals surface area contributed by atoms with Gasteiger partial charge in [0.2, 0.25) is 0 Å². The molecule has 2 atom stereocenters. The molecule has 1 aromatic rings. The maximum Gasteiger partial charge on any atom is 0.490 e. The first-order valence-electron chi connectivity index (χ1n) is 10.3. The zero-order chi connectivity index (χ0) is 24.8. The lowest BCUT2D eigenvalue weighted by molar-refractivity contribution is -0.193. The van der Waals surface area contributed by atoms with E-state index in [-0.39, 0.29) is 0 Å². The van der Waals surface area contributed by atoms with E-state index in [4.69, 9.17) is 24.2 Å². The van der Waals surface area contributed by atoms with Gasteiger partial charge < -0.3 is 19.5 Å². The summed E-state index contributed by atoms with van der Waals surface area (Å²) in [5.41, 5.74) is 0. The number of carboxylic acids is 2. The summed E-state index contributed by atoms with van der Waals surface area (Å²) in [6, 6.07) is 4.09. The summed E-state index contributed by atoms with van der Waals surface area (Å²) in [6.45, 7) is 7.61. The second kappa shape index (κ2) is 11.2. The molecule has 3 heterocycles. The molecule has 2 aliphatic heterocycles. The van der Waals surface area contributed by atoms with Gasteiger partial charge in [-0.25, -0.2) is 9.59 Å². The Morgan fingerprint density at radius 1 is 0.909 bits per heavy atom. The Kier molecular flexibility index (Phi) is 9.18. The number of carboxylic acid groups (broad SMARTS) is 2. The minimum Gasteiger partial charge on any atom is -0.475 e. The molecular weight excluding hydrogens is 462 g/mol. The minimum atomic E-state index is -5.08. The molecule has 0 aromatic carbocycles. The van der Waals surface area contributed by atoms with Crippen LogP contribution in [0.4, 0.5) is 26.3 Å². The fraction of sp³-hybridized carbons (Fsp3) is 0.700. The molecule has 1 aliphatic carbocycles. The Bertz CT molecular complexity index is 740. The normalized spacial score (nSPS) is 23.6. The van der Waals surface area contributed by atoms with Crippen molar-refractivity contribution < 1.29 is 50.6 Å². The van der Waals surface area contributed by atoms with E-state index < -0.39 is 24.3 Å². The Labute approximate surface area is 185 Å². The van der Waals surface area contributed by atoms with E-state index in [1.807, 2.05) is 6.07 Å². The Hall–Kier alpha value is -2.28. The van der Waals surface area contributed by atoms with Gasteiger partial charge in [-0.15, -0.1) is 0 Å². The molecule has 7 nitrogen and oxygen atoms in total. The summed E-state index contributed by atoms with van der Waals surface area (Å²) >= 11 is 0. The van der Waals surface area contributed by atoms with Gasteiger partial charge in [-0.3, -0.25) is 4.90 Å². The molecule has 188 valence electrons. The van der Waals surface area contributed by atoms with Gasteiger partial charge in [0.15, 0.2) is 0 Å². The molecule has 2 saturated heterocycles. The molecule has 1 aromatic heterocycles. The maximum absolute atomic E-state index is 10.6. The van der Waals surface area contributed by atoms with Gasteiger partial charge in [-0.05, 0) is 55.7 Å². The number of furan rings is 1. The number of alkyl halides is 6. The van der Waals surface area contributed by atoms with Gasteiger partial charge in [0.1, 0.15) is 5.76 Å². The van der Waals surface area contributed by atoms with Gasteiger partial charge in [0.05, 0.1) is 12.8 Å². The standard InChI is InChI=1S/C16H24N2O.2C2HF3O2/c1-2-16(19-7-1)12-18-9-14-5-6-17(8-13-3-4-13)10-15(14)11-18;2*3-2(4,5)1(6)7/h1-2,7,13-15H,3-6,8-12H2;2*(H,6,7)/t14-,15+;;/m1../s1. The largest absolute Gasteiger partial charge is 0.490 e. The number of rotatable bonds is 4. The van der Waals surface area contributed by atoms with Gasteiger partial charge in [0, 0.05) is 26.2 Å². The predicted molar refractivity (Wildman–Crippen MR) is 102 cm³/mol. The molecular formula is C20H26F6N2O5. The summed E-state index contributed by atoms with van der Waals surface area (Å²) in [4.78, 5) is 23.1. The number of nitrogens with zero attached hydrogens (tertiary/aromatic N) is 2. The number of hydrogen-bond acceptors (Lipinski definition) is 5. The monoisotopic (exact) mass is 488 g/mol. The van der Waals surface area contributed by atoms with E-state index in [2.05, 4.69) is 15.9 Å². The van der Waals surface area contributed by atoms with Crippen LogP contribution >= 0.6 is 0 Å². The lowest BCUT2D eigenvalue weighted by Crippen LogP contribution is -2.40. The highest BCUT2D eigenvalue weighted by Crippen LogP contribution is 2.35. The van der Waals surface area contributed by atoms with Crippen LogP contribution in [0.25, 0.3) is 0 Å². The number of carbonyl (C=O) groups is 2. The van der Waals surface area contributed by atoms with Crippen LogP contribution < -0.4 is 0 Å². The molecule has 0 radical (unpaired) electrons. The average Bonchev–Trinajstić information content (AvgIpc) is 3.19. The molecule has 1 saturated carbocycles. The highest BCUT2D eigenvalue weighted by molar-refractivity contribution is 5.73. The summed E-state index contributed by atoms with van der Waals surface area (Å²) in [5.74, 6) is -1.52. The topological polar surface area (TPSA) is 94.2 Å². The maximum atomic E-state index is 10.6. The Morgan fingerprint density at radius 2 is 1.42 bits per heavy atom. The van der Waals surface area contributed by atoms with Crippen LogP contribution in [0.1, 0.15) is 25.0 Å². The summed E-state index contributed by atoms with van der Waals surface area (Å²) in [6.07, 6.45) is -4.01. The Balaban J connectivity index is 0.000000230. The first-order chi connectivity index (χ1) is 15.3. The van der Waals surface area contributed by atoms with Crippen molar-refractivity contribution in [1.29, 1.82) is 0 Å². The van der Waals surface area contributed by atoms with Crippen molar-refractivity contribution in [2.45, 2.75) is 38.2 Å². The smallest absolute Gasteiger partial charge is 0.475 e. The van der Waals surface area contributed by atoms with Crippen LogP contribution in [0.15, 0.2) is 22.8 Å². The quantitative estimate of drug-likeness (QED) is 0.624. The number of aliphatic carboxylic acids is 2. The molecule has 0 unspecified atom stereocenters. The van der Waals surface area contributed by atoms with Crippen molar-refractivity contribution in [2.75, 3.05) is 32.7 Å². The van der Waals surface area contributed by atoms with Crippen molar-refractivity contribution in [1.82, 2.24) is 9.80 Å². The van der Waals surface area contributed by atoms with Crippen LogP contribution in [-0.4, -0.2) is 77.0 Å². The first-order valence-corrected chi connectivity index (χ1v) is 10.3. The number of piperidine rings is 1. The third-order valence-electron chi connectivity index (χ3n) is 5.62. The first kappa shape index (κ1) is 27.0. The number of fused-ring (bicyclic) bond motifs is 1. The van der Waals surface area contributed by atoms with E-state index in [0.717, 1.165) is 30.1 Å². The SMILES string of the molecule is O=C(O)C(F)(F)F.O=C(O)C(F)(F)F.c1coc(CN2C[C@H]3CCN(CC4CC4)C[C@H]3C2)c1. The zero-order valence-electron chi connectivity index (χ0n) is 17.6. The molecule has 2 N–H and O–H groups in total. The second-order valence-electron chi connectivity index (χ2n) is 8.39. The fourth-order valence-electron chi connectivity index (χ4n) is 3.92. The third-order valence-corrected chi connectivity index (χ3v) is 5.62. The molecule has 3 aliphatic rings. The van der Waals surface area contributed by atoms with Gasteiger partial charge in [0.25, 0.3) is 0 Å². The third kappa shape index (κ3) is 9.62. The van der Waals surface area contributed by atoms with Gasteiger partial charge in [-0.1, -0.05) is 0 Å². The van der Waals surface area contributed by atoms with Crippen molar-refractivity contribution in [3.63, 3.8) is 0 Å². The van der Waals surface area contributed by atoms with E-state index in [9.17, 15) is 26.3 Å². The lowest BCUT2D eigenvalue weighted by atomic mass is 9.88. The molecule has 33 heavy (non-hydrogen) atoms. The highest BCUT2D eigenvalue weighted by Gasteiger charge is 2.39. The highest BCUT2D eigenvalue weighted by atomic mass is 19.4. The molecule has 0 amide bonds. The molecule has 13 heteroatoms. The van der Waals surface area contributed by atoms with Crippen LogP contribution in [0.5, 0.6) is 0 Å². The fourth-order valence-corrected chi connectivity index (χ4v) is 3.92. The number of hydrogen-bond donors (Lipinski definition) is 2. The van der Waals surface area contributed by atoms with Crippen molar-refractivity contribution in [3.05, 3.63) is 24.2 Å². The molecule has 0 bridgehead atoms. The van der Waals surface area contributed by atoms with E-state index in [1.54, 1.807) is 6.26 Å². The minimum absolute atomic E-state index is 0.905. The van der Waals surface area contributed by atoms with Gasteiger partial charge >= 0.3 is 24.3 Å². The van der Waals surface area contributed by atoms with Crippen molar-refractivity contribution >= 4 is 11.9 Å². The predicted octanol–water partition coefficient (Wildman–Crippen LogP) is 3.71. The molecule has 4 rings (SSSR count). The average molecular weight is 488 g/mol. The van der Waals surface area contributed by atoms with E-state index >= 15 is 0 Å². The van der Waals surface area contributed by atoms with Crippen LogP contribution in [0.3, 0.4) is 0 Å². The lowest BCUT2D eigenvalue weighted by Gasteiger charge is -2.34. The zero-order valence-corrected chi connectivity index (χ0v) is 17.6. The van der Waals surface area contributed by atoms with Crippen molar-refractivity contribution in [3.8, 4) is 0 Å². The number of halogens is 6. The van der Waals surface area contributed by atoms with Crippen LogP contribution in [0, 0.1) is 17.8 Å². The van der Waals surface area contributed by atoms with Crippen LogP contribution in [0.2, 0.25) is 0 Å². The second-order valence-corrected chi connectivity index (χ2v) is 8.39. The molecule has 0 spiro atoms. The van der Waals surface area contributed by atoms with E-state index in [1.165, 1.54) is 52.0 Å². The van der Waals surface area contributed by atoms with Crippen LogP contribution in [-0.2, 0) is 16.1 Å². The summed E-state index contributed by atoms with van der Waals surface area (Å²) in [7, 11) is 0. The van der Waals surface area contributed by atoms with Crippen molar-refractivity contribution in [2.24, 2.45) is 17.8 Å². The Morgan fingerprint density at radius 3 is 1.88 bits per heavy atom. The molecule has 3 fully saturated rings. The number of likely N-dealkylation sites (tertiary alicyclic amines) is 2. The summed E-state index contributed by atoms with van der Waals surface area (Å²) < 4.78 is 69.0. The van der Waals surface area contributed by atoms with Gasteiger partial charge in [-0.2, -0.15) is 26.3 Å². The van der Waals surface area contributed by atoms with E-state index in [0.29, 0.717) is 0 Å². The summed E-state index contributed by atoms with van der Waals surface area (Å²) in [5, 5.41) is 14.2.